The van der Waals surface area contributed by atoms with E-state index in [0.717, 1.165) is 6.42 Å². The minimum atomic E-state index is 1.07. The Labute approximate surface area is 116 Å². The number of para-hydroxylation sites is 1. The highest BCUT2D eigenvalue weighted by Gasteiger charge is 2.11. The molecule has 0 saturated carbocycles. The first-order chi connectivity index (χ1) is 9.90. The summed E-state index contributed by atoms with van der Waals surface area (Å²) >= 11 is 0. The molecule has 5 rings (SSSR count). The predicted octanol–water partition coefficient (Wildman–Crippen LogP) is 5.04. The SMILES string of the molecule is C1=Cc2cc3c(ccc4[nH]c5ccccc5c43)cc2C1. The van der Waals surface area contributed by atoms with Crippen LogP contribution in [0.3, 0.4) is 0 Å². The summed E-state index contributed by atoms with van der Waals surface area (Å²) < 4.78 is 0. The normalized spacial score (nSPS) is 13.6. The molecule has 0 saturated heterocycles. The molecule has 0 bridgehead atoms. The van der Waals surface area contributed by atoms with Gasteiger partial charge >= 0.3 is 0 Å². The van der Waals surface area contributed by atoms with E-state index in [9.17, 15) is 0 Å². The van der Waals surface area contributed by atoms with E-state index in [2.05, 4.69) is 65.7 Å². The van der Waals surface area contributed by atoms with Crippen molar-refractivity contribution in [1.82, 2.24) is 4.98 Å². The highest BCUT2D eigenvalue weighted by Crippen LogP contribution is 2.35. The van der Waals surface area contributed by atoms with Crippen LogP contribution in [0.15, 0.2) is 54.6 Å². The first kappa shape index (κ1) is 10.3. The molecule has 0 fully saturated rings. The Morgan fingerprint density at radius 3 is 2.80 bits per heavy atom. The Morgan fingerprint density at radius 1 is 0.850 bits per heavy atom. The molecule has 3 aromatic carbocycles. The molecule has 1 aliphatic carbocycles. The Bertz CT molecular complexity index is 1020. The van der Waals surface area contributed by atoms with Gasteiger partial charge in [-0.1, -0.05) is 42.5 Å². The molecule has 1 heterocycles. The summed E-state index contributed by atoms with van der Waals surface area (Å²) in [4.78, 5) is 3.52. The second-order valence-corrected chi connectivity index (χ2v) is 5.54. The van der Waals surface area contributed by atoms with Crippen LogP contribution >= 0.6 is 0 Å². The van der Waals surface area contributed by atoms with E-state index in [1.54, 1.807) is 0 Å². The van der Waals surface area contributed by atoms with Crippen molar-refractivity contribution < 1.29 is 0 Å². The fourth-order valence-electron chi connectivity index (χ4n) is 3.43. The van der Waals surface area contributed by atoms with Gasteiger partial charge in [0, 0.05) is 21.8 Å². The van der Waals surface area contributed by atoms with Crippen LogP contribution < -0.4 is 0 Å². The molecule has 1 aromatic heterocycles. The summed E-state index contributed by atoms with van der Waals surface area (Å²) in [5.74, 6) is 0. The minimum Gasteiger partial charge on any atom is -0.354 e. The Balaban J connectivity index is 2.06. The Morgan fingerprint density at radius 2 is 1.80 bits per heavy atom. The number of hydrogen-bond acceptors (Lipinski definition) is 0. The molecule has 0 amide bonds. The van der Waals surface area contributed by atoms with Gasteiger partial charge in [0.25, 0.3) is 0 Å². The summed E-state index contributed by atoms with van der Waals surface area (Å²) in [7, 11) is 0. The predicted molar refractivity (Wildman–Crippen MR) is 86.0 cm³/mol. The van der Waals surface area contributed by atoms with E-state index in [0.29, 0.717) is 0 Å². The minimum absolute atomic E-state index is 1.07. The van der Waals surface area contributed by atoms with Crippen LogP contribution in [0.1, 0.15) is 11.1 Å². The molecule has 4 aromatic rings. The van der Waals surface area contributed by atoms with Crippen LogP contribution in [0.2, 0.25) is 0 Å². The van der Waals surface area contributed by atoms with Gasteiger partial charge < -0.3 is 4.98 Å². The molecule has 0 radical (unpaired) electrons. The first-order valence-electron chi connectivity index (χ1n) is 7.03. The molecule has 0 spiro atoms. The van der Waals surface area contributed by atoms with E-state index >= 15 is 0 Å². The highest BCUT2D eigenvalue weighted by atomic mass is 14.7. The van der Waals surface area contributed by atoms with Gasteiger partial charge in [-0.25, -0.2) is 0 Å². The van der Waals surface area contributed by atoms with Crippen molar-refractivity contribution in [2.24, 2.45) is 0 Å². The lowest BCUT2D eigenvalue weighted by molar-refractivity contribution is 1.32. The van der Waals surface area contributed by atoms with Crippen molar-refractivity contribution >= 4 is 38.7 Å². The van der Waals surface area contributed by atoms with Crippen LogP contribution in [0.25, 0.3) is 38.7 Å². The van der Waals surface area contributed by atoms with Crippen LogP contribution in [-0.4, -0.2) is 4.98 Å². The topological polar surface area (TPSA) is 15.8 Å². The zero-order chi connectivity index (χ0) is 13.1. The fourth-order valence-corrected chi connectivity index (χ4v) is 3.43. The number of aromatic nitrogens is 1. The van der Waals surface area contributed by atoms with Gasteiger partial charge in [-0.05, 0) is 46.5 Å². The van der Waals surface area contributed by atoms with Crippen molar-refractivity contribution in [3.8, 4) is 0 Å². The number of aromatic amines is 1. The lowest BCUT2D eigenvalue weighted by Crippen LogP contribution is -1.83. The number of benzene rings is 3. The lowest BCUT2D eigenvalue weighted by Gasteiger charge is -2.05. The third-order valence-electron chi connectivity index (χ3n) is 4.38. The third kappa shape index (κ3) is 1.22. The summed E-state index contributed by atoms with van der Waals surface area (Å²) in [6.45, 7) is 0. The highest BCUT2D eigenvalue weighted by molar-refractivity contribution is 6.20. The third-order valence-corrected chi connectivity index (χ3v) is 4.38. The van der Waals surface area contributed by atoms with E-state index < -0.39 is 0 Å². The molecule has 0 aliphatic heterocycles. The summed E-state index contributed by atoms with van der Waals surface area (Å²) in [5, 5.41) is 5.35. The van der Waals surface area contributed by atoms with E-state index in [1.165, 1.54) is 43.7 Å². The maximum Gasteiger partial charge on any atom is 0.0471 e. The number of allylic oxidation sites excluding steroid dienone is 1. The van der Waals surface area contributed by atoms with Crippen molar-refractivity contribution in [1.29, 1.82) is 0 Å². The molecular weight excluding hydrogens is 242 g/mol. The van der Waals surface area contributed by atoms with Gasteiger partial charge in [0.15, 0.2) is 0 Å². The monoisotopic (exact) mass is 255 g/mol. The molecule has 1 heteroatoms. The Hall–Kier alpha value is -2.54. The summed E-state index contributed by atoms with van der Waals surface area (Å²) in [6.07, 6.45) is 5.55. The lowest BCUT2D eigenvalue weighted by atomic mass is 9.98. The zero-order valence-corrected chi connectivity index (χ0v) is 11.0. The molecule has 1 nitrogen and oxygen atoms in total. The van der Waals surface area contributed by atoms with Gasteiger partial charge in [-0.3, -0.25) is 0 Å². The summed E-state index contributed by atoms with van der Waals surface area (Å²) in [5.41, 5.74) is 5.25. The Kier molecular flexibility index (Phi) is 1.80. The van der Waals surface area contributed by atoms with Gasteiger partial charge in [0.05, 0.1) is 0 Å². The van der Waals surface area contributed by atoms with Gasteiger partial charge in [0.2, 0.25) is 0 Å². The molecule has 0 atom stereocenters. The zero-order valence-electron chi connectivity index (χ0n) is 11.0. The number of hydrogen-bond donors (Lipinski definition) is 1. The number of fused-ring (bicyclic) bond motifs is 6. The maximum atomic E-state index is 3.52. The number of H-pyrrole nitrogens is 1. The van der Waals surface area contributed by atoms with Crippen LogP contribution in [-0.2, 0) is 6.42 Å². The molecular formula is C19H13N. The molecule has 0 unspecified atom stereocenters. The van der Waals surface area contributed by atoms with Crippen LogP contribution in [0.4, 0.5) is 0 Å². The largest absolute Gasteiger partial charge is 0.354 e. The second kappa shape index (κ2) is 3.51. The van der Waals surface area contributed by atoms with Crippen molar-refractivity contribution in [3.63, 3.8) is 0 Å². The van der Waals surface area contributed by atoms with E-state index in [1.807, 2.05) is 0 Å². The average molecular weight is 255 g/mol. The molecule has 1 aliphatic rings. The first-order valence-corrected chi connectivity index (χ1v) is 7.03. The van der Waals surface area contributed by atoms with Gasteiger partial charge in [-0.15, -0.1) is 0 Å². The molecule has 20 heavy (non-hydrogen) atoms. The quantitative estimate of drug-likeness (QED) is 0.453. The van der Waals surface area contributed by atoms with Crippen molar-refractivity contribution in [3.05, 3.63) is 65.7 Å². The number of rotatable bonds is 0. The van der Waals surface area contributed by atoms with E-state index in [-0.39, 0.29) is 0 Å². The fraction of sp³-hybridized carbons (Fsp3) is 0.0526. The van der Waals surface area contributed by atoms with Crippen LogP contribution in [0, 0.1) is 0 Å². The van der Waals surface area contributed by atoms with Gasteiger partial charge in [-0.2, -0.15) is 0 Å². The standard InChI is InChI=1S/C19H13N/c1-2-7-17-15(6-1)19-16-11-13-5-3-4-12(13)10-14(16)8-9-18(19)20-17/h1-3,5-11,20H,4H2. The smallest absolute Gasteiger partial charge is 0.0471 e. The molecule has 94 valence electrons. The number of nitrogens with one attached hydrogen (secondary N) is 1. The second-order valence-electron chi connectivity index (χ2n) is 5.54. The van der Waals surface area contributed by atoms with Crippen molar-refractivity contribution in [2.75, 3.05) is 0 Å². The maximum absolute atomic E-state index is 3.52. The summed E-state index contributed by atoms with van der Waals surface area (Å²) in [6, 6.07) is 17.7. The van der Waals surface area contributed by atoms with E-state index in [4.69, 9.17) is 0 Å². The van der Waals surface area contributed by atoms with Gasteiger partial charge in [0.1, 0.15) is 0 Å². The average Bonchev–Trinajstić information content (AvgIpc) is 3.08. The van der Waals surface area contributed by atoms with Crippen molar-refractivity contribution in [2.45, 2.75) is 6.42 Å². The molecule has 1 N–H and O–H groups in total. The van der Waals surface area contributed by atoms with Crippen LogP contribution in [0.5, 0.6) is 0 Å².